The topological polar surface area (TPSA) is 41.4 Å². The molecule has 4 rings (SSSR count). The van der Waals surface area contributed by atoms with E-state index in [2.05, 4.69) is 39.2 Å². The molecule has 0 radical (unpaired) electrons. The van der Waals surface area contributed by atoms with Crippen LogP contribution in [0.4, 0.5) is 0 Å². The van der Waals surface area contributed by atoms with Crippen LogP contribution in [0.1, 0.15) is 16.7 Å². The Morgan fingerprint density at radius 2 is 1.96 bits per heavy atom. The summed E-state index contributed by atoms with van der Waals surface area (Å²) in [6, 6.07) is 6.31. The van der Waals surface area contributed by atoms with Crippen molar-refractivity contribution in [2.24, 2.45) is 0 Å². The van der Waals surface area contributed by atoms with Crippen LogP contribution in [0, 0.1) is 0 Å². The molecule has 0 amide bonds. The summed E-state index contributed by atoms with van der Waals surface area (Å²) in [4.78, 5) is 25.5. The minimum absolute atomic E-state index is 0.0852. The molecule has 0 atom stereocenters. The summed E-state index contributed by atoms with van der Waals surface area (Å²) >= 11 is 3.44. The Kier molecular flexibility index (Phi) is 4.98. The molecule has 3 aromatic heterocycles. The van der Waals surface area contributed by atoms with Crippen molar-refractivity contribution in [1.82, 2.24) is 19.4 Å². The first-order chi connectivity index (χ1) is 12.2. The third-order valence-electron chi connectivity index (χ3n) is 4.69. The van der Waals surface area contributed by atoms with Gasteiger partial charge in [-0.25, -0.2) is 4.98 Å². The zero-order valence-corrected chi connectivity index (χ0v) is 16.0. The zero-order chi connectivity index (χ0) is 17.2. The highest BCUT2D eigenvalue weighted by molar-refractivity contribution is 7.18. The zero-order valence-electron chi connectivity index (χ0n) is 14.4. The van der Waals surface area contributed by atoms with Gasteiger partial charge in [0.05, 0.1) is 12.1 Å². The fourth-order valence-electron chi connectivity index (χ4n) is 3.21. The van der Waals surface area contributed by atoms with E-state index in [1.54, 1.807) is 22.2 Å². The first kappa shape index (κ1) is 16.9. The van der Waals surface area contributed by atoms with Crippen molar-refractivity contribution < 1.29 is 0 Å². The van der Waals surface area contributed by atoms with Gasteiger partial charge in [-0.3, -0.25) is 19.2 Å². The van der Waals surface area contributed by atoms with E-state index in [-0.39, 0.29) is 5.56 Å². The van der Waals surface area contributed by atoms with Gasteiger partial charge < -0.3 is 0 Å². The largest absolute Gasteiger partial charge is 0.296 e. The van der Waals surface area contributed by atoms with Gasteiger partial charge in [-0.2, -0.15) is 0 Å². The van der Waals surface area contributed by atoms with Crippen LogP contribution in [-0.4, -0.2) is 45.5 Å². The second kappa shape index (κ2) is 7.37. The Hall–Kier alpha value is -1.54. The third-order valence-corrected chi connectivity index (χ3v) is 6.74. The fraction of sp³-hybridized carbons (Fsp3) is 0.444. The number of aryl methyl sites for hydroxylation is 1. The van der Waals surface area contributed by atoms with Crippen LogP contribution in [-0.2, 0) is 19.6 Å². The average molecular weight is 375 g/mol. The maximum absolute atomic E-state index is 12.7. The highest BCUT2D eigenvalue weighted by atomic mass is 32.1. The van der Waals surface area contributed by atoms with Crippen LogP contribution >= 0.6 is 22.7 Å². The second-order valence-corrected chi connectivity index (χ2v) is 8.57. The summed E-state index contributed by atoms with van der Waals surface area (Å²) in [5, 5.41) is 2.90. The molecule has 1 aliphatic rings. The number of piperazine rings is 1. The molecular formula is C18H22N4OS2. The van der Waals surface area contributed by atoms with E-state index >= 15 is 0 Å². The lowest BCUT2D eigenvalue weighted by molar-refractivity contribution is 0.102. The number of nitrogens with zero attached hydrogens (tertiary/aromatic N) is 4. The lowest BCUT2D eigenvalue weighted by atomic mass is 10.3. The third kappa shape index (κ3) is 3.69. The standard InChI is InChI=1S/C18H22N4OS2/c1-2-14-10-16-17(25-14)19-12-22(18(16)23)13-21-7-5-20(6-8-21)11-15-4-3-9-24-15/h3-4,9-10,12H,2,5-8,11,13H2,1H3. The van der Waals surface area contributed by atoms with Crippen LogP contribution in [0.15, 0.2) is 34.7 Å². The van der Waals surface area contributed by atoms with E-state index < -0.39 is 0 Å². The number of fused-ring (bicyclic) bond motifs is 1. The van der Waals surface area contributed by atoms with Gasteiger partial charge in [0, 0.05) is 42.5 Å². The molecule has 132 valence electrons. The van der Waals surface area contributed by atoms with E-state index in [1.165, 1.54) is 9.75 Å². The number of thiophene rings is 2. The van der Waals surface area contributed by atoms with Gasteiger partial charge in [-0.1, -0.05) is 13.0 Å². The summed E-state index contributed by atoms with van der Waals surface area (Å²) in [6.07, 6.45) is 2.66. The van der Waals surface area contributed by atoms with Crippen LogP contribution in [0.5, 0.6) is 0 Å². The first-order valence-electron chi connectivity index (χ1n) is 8.68. The first-order valence-corrected chi connectivity index (χ1v) is 10.4. The molecule has 1 saturated heterocycles. The van der Waals surface area contributed by atoms with Gasteiger partial charge in [-0.05, 0) is 23.9 Å². The van der Waals surface area contributed by atoms with Crippen LogP contribution < -0.4 is 5.56 Å². The lowest BCUT2D eigenvalue weighted by Crippen LogP contribution is -2.47. The Bertz CT molecular complexity index is 892. The molecule has 0 aliphatic carbocycles. The number of hydrogen-bond acceptors (Lipinski definition) is 6. The van der Waals surface area contributed by atoms with Gasteiger partial charge in [-0.15, -0.1) is 22.7 Å². The SMILES string of the molecule is CCc1cc2c(=O)n(CN3CCN(Cc4cccs4)CC3)cnc2s1. The lowest BCUT2D eigenvalue weighted by Gasteiger charge is -2.34. The molecule has 0 saturated carbocycles. The van der Waals surface area contributed by atoms with Gasteiger partial charge in [0.1, 0.15) is 11.2 Å². The van der Waals surface area contributed by atoms with Crippen molar-refractivity contribution in [2.45, 2.75) is 26.6 Å². The number of aromatic nitrogens is 2. The molecule has 0 spiro atoms. The smallest absolute Gasteiger partial charge is 0.263 e. The summed E-state index contributed by atoms with van der Waals surface area (Å²) in [6.45, 7) is 7.83. The highest BCUT2D eigenvalue weighted by Crippen LogP contribution is 2.21. The van der Waals surface area contributed by atoms with Crippen molar-refractivity contribution in [3.05, 3.63) is 50.0 Å². The molecule has 7 heteroatoms. The molecule has 25 heavy (non-hydrogen) atoms. The predicted octanol–water partition coefficient (Wildman–Crippen LogP) is 2.86. The van der Waals surface area contributed by atoms with Crippen LogP contribution in [0.3, 0.4) is 0 Å². The summed E-state index contributed by atoms with van der Waals surface area (Å²) < 4.78 is 1.75. The van der Waals surface area contributed by atoms with Crippen LogP contribution in [0.2, 0.25) is 0 Å². The summed E-state index contributed by atoms with van der Waals surface area (Å²) in [5.41, 5.74) is 0.0852. The number of rotatable bonds is 5. The molecule has 0 aromatic carbocycles. The van der Waals surface area contributed by atoms with E-state index in [9.17, 15) is 4.79 Å². The minimum Gasteiger partial charge on any atom is -0.296 e. The average Bonchev–Trinajstić information content (AvgIpc) is 3.28. The molecular weight excluding hydrogens is 352 g/mol. The number of hydrogen-bond donors (Lipinski definition) is 0. The van der Waals surface area contributed by atoms with Gasteiger partial charge in [0.2, 0.25) is 0 Å². The minimum atomic E-state index is 0.0852. The van der Waals surface area contributed by atoms with Gasteiger partial charge in [0.25, 0.3) is 5.56 Å². The molecule has 1 aliphatic heterocycles. The normalized spacial score (nSPS) is 16.7. The van der Waals surface area contributed by atoms with Crippen molar-refractivity contribution >= 4 is 32.9 Å². The Balaban J connectivity index is 1.40. The fourth-order valence-corrected chi connectivity index (χ4v) is 4.88. The van der Waals surface area contributed by atoms with Crippen molar-refractivity contribution in [2.75, 3.05) is 26.2 Å². The van der Waals surface area contributed by atoms with Gasteiger partial charge >= 0.3 is 0 Å². The Morgan fingerprint density at radius 3 is 2.68 bits per heavy atom. The van der Waals surface area contributed by atoms with E-state index in [0.29, 0.717) is 6.67 Å². The molecule has 0 N–H and O–H groups in total. The van der Waals surface area contributed by atoms with Crippen molar-refractivity contribution in [3.8, 4) is 0 Å². The maximum atomic E-state index is 12.7. The molecule has 5 nitrogen and oxygen atoms in total. The molecule has 0 bridgehead atoms. The predicted molar refractivity (Wildman–Crippen MR) is 104 cm³/mol. The summed E-state index contributed by atoms with van der Waals surface area (Å²) in [7, 11) is 0. The monoisotopic (exact) mass is 374 g/mol. The summed E-state index contributed by atoms with van der Waals surface area (Å²) in [5.74, 6) is 0. The Labute approximate surface area is 155 Å². The molecule has 0 unspecified atom stereocenters. The quantitative estimate of drug-likeness (QED) is 0.689. The van der Waals surface area contributed by atoms with Crippen LogP contribution in [0.25, 0.3) is 10.2 Å². The Morgan fingerprint density at radius 1 is 1.16 bits per heavy atom. The molecule has 1 fully saturated rings. The molecule has 4 heterocycles. The van der Waals surface area contributed by atoms with E-state index in [1.807, 2.05) is 17.4 Å². The highest BCUT2D eigenvalue weighted by Gasteiger charge is 2.18. The second-order valence-electron chi connectivity index (χ2n) is 6.42. The van der Waals surface area contributed by atoms with E-state index in [0.717, 1.165) is 49.4 Å². The van der Waals surface area contributed by atoms with Gasteiger partial charge in [0.15, 0.2) is 0 Å². The van der Waals surface area contributed by atoms with Crippen molar-refractivity contribution in [1.29, 1.82) is 0 Å². The maximum Gasteiger partial charge on any atom is 0.263 e. The molecule has 3 aromatic rings. The van der Waals surface area contributed by atoms with Crippen molar-refractivity contribution in [3.63, 3.8) is 0 Å². The van der Waals surface area contributed by atoms with E-state index in [4.69, 9.17) is 0 Å².